The van der Waals surface area contributed by atoms with E-state index in [0.717, 1.165) is 13.2 Å². The van der Waals surface area contributed by atoms with Crippen molar-refractivity contribution in [3.63, 3.8) is 0 Å². The summed E-state index contributed by atoms with van der Waals surface area (Å²) in [6.45, 7) is 2.13. The van der Waals surface area contributed by atoms with Gasteiger partial charge < -0.3 is 9.80 Å². The Balaban J connectivity index is 1.84. The fourth-order valence-corrected chi connectivity index (χ4v) is 1.58. The van der Waals surface area contributed by atoms with Gasteiger partial charge in [0.05, 0.1) is 6.67 Å². The van der Waals surface area contributed by atoms with Crippen LogP contribution in [0.1, 0.15) is 0 Å². The van der Waals surface area contributed by atoms with Gasteiger partial charge in [-0.3, -0.25) is 0 Å². The summed E-state index contributed by atoms with van der Waals surface area (Å²) in [5, 5.41) is 0. The fraction of sp³-hybridized carbons (Fsp3) is 0.400. The van der Waals surface area contributed by atoms with Crippen LogP contribution in [-0.2, 0) is 0 Å². The van der Waals surface area contributed by atoms with E-state index in [1.54, 1.807) is 0 Å². The molecule has 2 aliphatic rings. The second kappa shape index (κ2) is 3.05. The molecule has 1 aliphatic carbocycles. The van der Waals surface area contributed by atoms with E-state index in [4.69, 9.17) is 0 Å². The van der Waals surface area contributed by atoms with Crippen LogP contribution in [0.5, 0.6) is 0 Å². The second-order valence-corrected chi connectivity index (χ2v) is 3.40. The summed E-state index contributed by atoms with van der Waals surface area (Å²) in [6, 6.07) is 0. The van der Waals surface area contributed by atoms with E-state index >= 15 is 0 Å². The molecule has 0 bridgehead atoms. The third-order valence-electron chi connectivity index (χ3n) is 2.21. The highest BCUT2D eigenvalue weighted by atomic mass is 15.3. The first-order chi connectivity index (χ1) is 5.84. The zero-order valence-corrected chi connectivity index (χ0v) is 7.35. The van der Waals surface area contributed by atoms with E-state index in [2.05, 4.69) is 53.6 Å². The summed E-state index contributed by atoms with van der Waals surface area (Å²) in [6.07, 6.45) is 13.0. The lowest BCUT2D eigenvalue weighted by Gasteiger charge is -2.19. The van der Waals surface area contributed by atoms with E-state index in [9.17, 15) is 0 Å². The second-order valence-electron chi connectivity index (χ2n) is 3.40. The van der Waals surface area contributed by atoms with Crippen molar-refractivity contribution >= 4 is 0 Å². The number of rotatable bonds is 2. The van der Waals surface area contributed by atoms with Gasteiger partial charge in [0.15, 0.2) is 0 Å². The lowest BCUT2D eigenvalue weighted by molar-refractivity contribution is 0.287. The van der Waals surface area contributed by atoms with E-state index in [1.165, 1.54) is 0 Å². The number of allylic oxidation sites excluding steroid dienone is 2. The highest BCUT2D eigenvalue weighted by Crippen LogP contribution is 2.13. The molecule has 0 aromatic carbocycles. The SMILES string of the molecule is CN1C=CN(CC2C=CC=C2)C1. The van der Waals surface area contributed by atoms with Crippen LogP contribution >= 0.6 is 0 Å². The Morgan fingerprint density at radius 2 is 2.00 bits per heavy atom. The number of hydrogen-bond acceptors (Lipinski definition) is 2. The Bertz CT molecular complexity index is 228. The fourth-order valence-electron chi connectivity index (χ4n) is 1.58. The maximum atomic E-state index is 2.32. The lowest BCUT2D eigenvalue weighted by atomic mass is 10.2. The van der Waals surface area contributed by atoms with Crippen molar-refractivity contribution in [3.8, 4) is 0 Å². The molecule has 64 valence electrons. The molecule has 2 heteroatoms. The Kier molecular flexibility index (Phi) is 1.90. The summed E-state index contributed by atoms with van der Waals surface area (Å²) < 4.78 is 0. The van der Waals surface area contributed by atoms with Crippen LogP contribution in [0.3, 0.4) is 0 Å². The maximum absolute atomic E-state index is 2.32. The highest BCUT2D eigenvalue weighted by Gasteiger charge is 2.12. The molecule has 0 spiro atoms. The Morgan fingerprint density at radius 1 is 1.25 bits per heavy atom. The molecule has 1 heterocycles. The first-order valence-corrected chi connectivity index (χ1v) is 4.32. The van der Waals surface area contributed by atoms with Crippen molar-refractivity contribution in [3.05, 3.63) is 36.7 Å². The molecule has 0 atom stereocenters. The van der Waals surface area contributed by atoms with Gasteiger partial charge in [0.25, 0.3) is 0 Å². The van der Waals surface area contributed by atoms with Crippen molar-refractivity contribution in [1.29, 1.82) is 0 Å². The Labute approximate surface area is 73.5 Å². The van der Waals surface area contributed by atoms with Crippen molar-refractivity contribution in [1.82, 2.24) is 9.80 Å². The van der Waals surface area contributed by atoms with E-state index in [-0.39, 0.29) is 0 Å². The summed E-state index contributed by atoms with van der Waals surface area (Å²) in [4.78, 5) is 4.51. The van der Waals surface area contributed by atoms with Crippen molar-refractivity contribution in [2.24, 2.45) is 5.92 Å². The van der Waals surface area contributed by atoms with Gasteiger partial charge in [-0.05, 0) is 0 Å². The molecule has 2 nitrogen and oxygen atoms in total. The molecule has 0 radical (unpaired) electrons. The summed E-state index contributed by atoms with van der Waals surface area (Å²) in [7, 11) is 2.09. The van der Waals surface area contributed by atoms with Gasteiger partial charge in [0.2, 0.25) is 0 Å². The van der Waals surface area contributed by atoms with Gasteiger partial charge in [-0.1, -0.05) is 24.3 Å². The molecule has 0 aromatic heterocycles. The van der Waals surface area contributed by atoms with Gasteiger partial charge in [0, 0.05) is 31.9 Å². The molecule has 0 saturated carbocycles. The minimum atomic E-state index is 0.612. The van der Waals surface area contributed by atoms with Gasteiger partial charge in [-0.25, -0.2) is 0 Å². The van der Waals surface area contributed by atoms with Crippen molar-refractivity contribution < 1.29 is 0 Å². The zero-order chi connectivity index (χ0) is 8.39. The van der Waals surface area contributed by atoms with E-state index < -0.39 is 0 Å². The molecule has 0 N–H and O–H groups in total. The van der Waals surface area contributed by atoms with Crippen LogP contribution in [0.4, 0.5) is 0 Å². The summed E-state index contributed by atoms with van der Waals surface area (Å²) in [5.74, 6) is 0.612. The predicted octanol–water partition coefficient (Wildman–Crippen LogP) is 1.40. The van der Waals surface area contributed by atoms with Crippen LogP contribution in [-0.4, -0.2) is 30.1 Å². The van der Waals surface area contributed by atoms with Crippen LogP contribution in [0.2, 0.25) is 0 Å². The van der Waals surface area contributed by atoms with E-state index in [0.29, 0.717) is 5.92 Å². The van der Waals surface area contributed by atoms with Gasteiger partial charge in [0.1, 0.15) is 0 Å². The predicted molar refractivity (Wildman–Crippen MR) is 50.2 cm³/mol. The lowest BCUT2D eigenvalue weighted by Crippen LogP contribution is -2.26. The first kappa shape index (κ1) is 7.47. The molecule has 2 rings (SSSR count). The largest absolute Gasteiger partial charge is 0.362 e. The molecule has 0 saturated heterocycles. The summed E-state index contributed by atoms with van der Waals surface area (Å²) in [5.41, 5.74) is 0. The third kappa shape index (κ3) is 1.52. The Morgan fingerprint density at radius 3 is 2.58 bits per heavy atom. The molecule has 0 amide bonds. The molecular weight excluding hydrogens is 148 g/mol. The normalized spacial score (nSPS) is 21.8. The topological polar surface area (TPSA) is 6.48 Å². The van der Waals surface area contributed by atoms with Crippen LogP contribution < -0.4 is 0 Å². The maximum Gasteiger partial charge on any atom is 0.0891 e. The molecule has 1 aliphatic heterocycles. The first-order valence-electron chi connectivity index (χ1n) is 4.32. The van der Waals surface area contributed by atoms with Crippen molar-refractivity contribution in [2.45, 2.75) is 0 Å². The van der Waals surface area contributed by atoms with Gasteiger partial charge in [-0.2, -0.15) is 0 Å². The molecule has 0 aromatic rings. The average molecular weight is 162 g/mol. The molecular formula is C10H14N2. The van der Waals surface area contributed by atoms with Crippen LogP contribution in [0.25, 0.3) is 0 Å². The van der Waals surface area contributed by atoms with Crippen LogP contribution in [0, 0.1) is 5.92 Å². The molecule has 12 heavy (non-hydrogen) atoms. The van der Waals surface area contributed by atoms with Crippen molar-refractivity contribution in [2.75, 3.05) is 20.3 Å². The smallest absolute Gasteiger partial charge is 0.0891 e. The highest BCUT2D eigenvalue weighted by molar-refractivity contribution is 5.18. The zero-order valence-electron chi connectivity index (χ0n) is 7.35. The molecule has 0 fully saturated rings. The summed E-state index contributed by atoms with van der Waals surface area (Å²) >= 11 is 0. The third-order valence-corrected chi connectivity index (χ3v) is 2.21. The minimum Gasteiger partial charge on any atom is -0.362 e. The minimum absolute atomic E-state index is 0.612. The van der Waals surface area contributed by atoms with Crippen LogP contribution in [0.15, 0.2) is 36.7 Å². The number of nitrogens with zero attached hydrogens (tertiary/aromatic N) is 2. The van der Waals surface area contributed by atoms with Gasteiger partial charge in [-0.15, -0.1) is 0 Å². The standard InChI is InChI=1S/C10H14N2/c1-11-6-7-12(9-11)8-10-4-2-3-5-10/h2-7,10H,8-9H2,1H3. The monoisotopic (exact) mass is 162 g/mol. The van der Waals surface area contributed by atoms with E-state index in [1.807, 2.05) is 0 Å². The number of hydrogen-bond donors (Lipinski definition) is 0. The Hall–Kier alpha value is -1.18. The molecule has 0 unspecified atom stereocenters. The average Bonchev–Trinajstić information content (AvgIpc) is 2.63. The van der Waals surface area contributed by atoms with Gasteiger partial charge >= 0.3 is 0 Å². The quantitative estimate of drug-likeness (QED) is 0.605.